The minimum Gasteiger partial charge on any atom is -0.314 e. The molecule has 4 N–H and O–H groups in total. The molecule has 0 bridgehead atoms. The van der Waals surface area contributed by atoms with E-state index in [0.717, 1.165) is 11.0 Å². The quantitative estimate of drug-likeness (QED) is 0.686. The molecule has 2 atom stereocenters. The zero-order valence-corrected chi connectivity index (χ0v) is 8.71. The first kappa shape index (κ1) is 9.15. The molecule has 1 saturated heterocycles. The first-order chi connectivity index (χ1) is 6.27. The summed E-state index contributed by atoms with van der Waals surface area (Å²) >= 11 is 3.45. The molecule has 70 valence electrons. The summed E-state index contributed by atoms with van der Waals surface area (Å²) in [7, 11) is 0. The predicted octanol–water partition coefficient (Wildman–Crippen LogP) is 0.925. The van der Waals surface area contributed by atoms with E-state index in [4.69, 9.17) is 5.73 Å². The van der Waals surface area contributed by atoms with E-state index < -0.39 is 0 Å². The Morgan fingerprint density at radius 3 is 2.92 bits per heavy atom. The third-order valence-electron chi connectivity index (χ3n) is 2.30. The van der Waals surface area contributed by atoms with Gasteiger partial charge in [-0.15, -0.1) is 0 Å². The van der Waals surface area contributed by atoms with Crippen molar-refractivity contribution >= 4 is 15.9 Å². The molecule has 1 aliphatic heterocycles. The topological polar surface area (TPSA) is 50.1 Å². The maximum atomic E-state index is 5.87. The van der Waals surface area contributed by atoms with E-state index >= 15 is 0 Å². The Morgan fingerprint density at radius 2 is 2.31 bits per heavy atom. The number of nitrogens with two attached hydrogens (primary N) is 1. The van der Waals surface area contributed by atoms with Crippen molar-refractivity contribution in [2.24, 2.45) is 5.73 Å². The summed E-state index contributed by atoms with van der Waals surface area (Å²) in [6.07, 6.45) is 0.00861. The highest BCUT2D eigenvalue weighted by molar-refractivity contribution is 9.10. The van der Waals surface area contributed by atoms with Gasteiger partial charge in [0.25, 0.3) is 0 Å². The van der Waals surface area contributed by atoms with E-state index in [1.54, 1.807) is 0 Å². The highest BCUT2D eigenvalue weighted by Gasteiger charge is 2.24. The summed E-state index contributed by atoms with van der Waals surface area (Å²) in [5, 5.41) is 0. The number of nitrogens with one attached hydrogen (secondary N) is 2. The van der Waals surface area contributed by atoms with E-state index in [-0.39, 0.29) is 6.17 Å². The van der Waals surface area contributed by atoms with Gasteiger partial charge in [0.2, 0.25) is 0 Å². The lowest BCUT2D eigenvalue weighted by atomic mass is 9.98. The second-order valence-electron chi connectivity index (χ2n) is 3.21. The van der Waals surface area contributed by atoms with Crippen LogP contribution in [0.1, 0.15) is 11.5 Å². The van der Waals surface area contributed by atoms with Crippen molar-refractivity contribution in [3.63, 3.8) is 0 Å². The van der Waals surface area contributed by atoms with Crippen LogP contribution in [0.5, 0.6) is 0 Å². The smallest absolute Gasteiger partial charge is 0.0761 e. The largest absolute Gasteiger partial charge is 0.314 e. The van der Waals surface area contributed by atoms with Crippen LogP contribution in [0.2, 0.25) is 0 Å². The van der Waals surface area contributed by atoms with Crippen LogP contribution in [0.3, 0.4) is 0 Å². The van der Waals surface area contributed by atoms with Crippen LogP contribution in [-0.4, -0.2) is 12.7 Å². The molecule has 0 aromatic heterocycles. The Labute approximate surface area is 85.8 Å². The van der Waals surface area contributed by atoms with Gasteiger partial charge < -0.3 is 5.73 Å². The standard InChI is InChI=1S/C9H12BrN3/c10-7-3-1-2-6(4-7)8-5-12-13-9(8)11/h1-4,8-9,12-13H,5,11H2. The van der Waals surface area contributed by atoms with Crippen molar-refractivity contribution in [1.29, 1.82) is 0 Å². The molecule has 2 unspecified atom stereocenters. The Bertz CT molecular complexity index is 303. The van der Waals surface area contributed by atoms with Gasteiger partial charge in [-0.2, -0.15) is 0 Å². The minimum absolute atomic E-state index is 0.00861. The van der Waals surface area contributed by atoms with E-state index in [1.165, 1.54) is 5.56 Å². The summed E-state index contributed by atoms with van der Waals surface area (Å²) < 4.78 is 1.10. The number of hydrogen-bond acceptors (Lipinski definition) is 3. The van der Waals surface area contributed by atoms with Crippen LogP contribution in [0, 0.1) is 0 Å². The maximum Gasteiger partial charge on any atom is 0.0761 e. The Kier molecular flexibility index (Phi) is 2.64. The zero-order valence-electron chi connectivity index (χ0n) is 7.13. The van der Waals surface area contributed by atoms with Crippen molar-refractivity contribution in [3.05, 3.63) is 34.3 Å². The van der Waals surface area contributed by atoms with Crippen molar-refractivity contribution in [2.45, 2.75) is 12.1 Å². The van der Waals surface area contributed by atoms with Gasteiger partial charge in [0, 0.05) is 16.9 Å². The van der Waals surface area contributed by atoms with Gasteiger partial charge in [-0.3, -0.25) is 5.43 Å². The van der Waals surface area contributed by atoms with Crippen LogP contribution < -0.4 is 16.6 Å². The second-order valence-corrected chi connectivity index (χ2v) is 4.13. The average molecular weight is 242 g/mol. The molecule has 0 aliphatic carbocycles. The highest BCUT2D eigenvalue weighted by Crippen LogP contribution is 2.22. The maximum absolute atomic E-state index is 5.87. The van der Waals surface area contributed by atoms with Gasteiger partial charge in [0.05, 0.1) is 6.17 Å². The summed E-state index contributed by atoms with van der Waals surface area (Å²) in [5.41, 5.74) is 13.2. The summed E-state index contributed by atoms with van der Waals surface area (Å²) in [6, 6.07) is 8.26. The molecule has 0 amide bonds. The fourth-order valence-corrected chi connectivity index (χ4v) is 1.99. The molecular weight excluding hydrogens is 230 g/mol. The van der Waals surface area contributed by atoms with Gasteiger partial charge in [0.15, 0.2) is 0 Å². The van der Waals surface area contributed by atoms with E-state index in [0.29, 0.717) is 5.92 Å². The summed E-state index contributed by atoms with van der Waals surface area (Å²) in [5.74, 6) is 0.359. The fourth-order valence-electron chi connectivity index (χ4n) is 1.58. The van der Waals surface area contributed by atoms with Crippen molar-refractivity contribution in [3.8, 4) is 0 Å². The third kappa shape index (κ3) is 1.91. The molecule has 0 spiro atoms. The number of halogens is 1. The Hall–Kier alpha value is -0.420. The number of hydrogen-bond donors (Lipinski definition) is 3. The van der Waals surface area contributed by atoms with Crippen LogP contribution in [-0.2, 0) is 0 Å². The first-order valence-electron chi connectivity index (χ1n) is 4.27. The van der Waals surface area contributed by atoms with Gasteiger partial charge in [-0.1, -0.05) is 28.1 Å². The fraction of sp³-hybridized carbons (Fsp3) is 0.333. The third-order valence-corrected chi connectivity index (χ3v) is 2.79. The van der Waals surface area contributed by atoms with Gasteiger partial charge in [0.1, 0.15) is 0 Å². The van der Waals surface area contributed by atoms with E-state index in [2.05, 4.69) is 38.9 Å². The summed E-state index contributed by atoms with van der Waals surface area (Å²) in [6.45, 7) is 0.887. The van der Waals surface area contributed by atoms with E-state index in [9.17, 15) is 0 Å². The first-order valence-corrected chi connectivity index (χ1v) is 5.06. The van der Waals surface area contributed by atoms with Gasteiger partial charge in [-0.05, 0) is 17.7 Å². The second kappa shape index (κ2) is 3.75. The lowest BCUT2D eigenvalue weighted by molar-refractivity contribution is 0.547. The monoisotopic (exact) mass is 241 g/mol. The molecule has 2 rings (SSSR count). The molecule has 1 aromatic rings. The lowest BCUT2D eigenvalue weighted by Crippen LogP contribution is -2.38. The normalized spacial score (nSPS) is 27.8. The van der Waals surface area contributed by atoms with Crippen molar-refractivity contribution in [2.75, 3.05) is 6.54 Å². The van der Waals surface area contributed by atoms with Crippen LogP contribution in [0.25, 0.3) is 0 Å². The molecule has 3 nitrogen and oxygen atoms in total. The molecular formula is C9H12BrN3. The van der Waals surface area contributed by atoms with Crippen LogP contribution in [0.4, 0.5) is 0 Å². The highest BCUT2D eigenvalue weighted by atomic mass is 79.9. The number of hydrazine groups is 1. The zero-order chi connectivity index (χ0) is 9.26. The molecule has 1 aliphatic rings. The van der Waals surface area contributed by atoms with Crippen LogP contribution >= 0.6 is 15.9 Å². The average Bonchev–Trinajstić information content (AvgIpc) is 2.51. The minimum atomic E-state index is 0.00861. The van der Waals surface area contributed by atoms with Gasteiger partial charge >= 0.3 is 0 Å². The molecule has 1 aromatic carbocycles. The Morgan fingerprint density at radius 1 is 1.46 bits per heavy atom. The van der Waals surface area contributed by atoms with E-state index in [1.807, 2.05) is 12.1 Å². The predicted molar refractivity (Wildman–Crippen MR) is 56.0 cm³/mol. The molecule has 4 heteroatoms. The molecule has 13 heavy (non-hydrogen) atoms. The van der Waals surface area contributed by atoms with Crippen molar-refractivity contribution < 1.29 is 0 Å². The van der Waals surface area contributed by atoms with Crippen molar-refractivity contribution in [1.82, 2.24) is 10.9 Å². The van der Waals surface area contributed by atoms with Crippen LogP contribution in [0.15, 0.2) is 28.7 Å². The molecule has 0 saturated carbocycles. The number of benzene rings is 1. The SMILES string of the molecule is NC1NNCC1c1cccc(Br)c1. The van der Waals surface area contributed by atoms with Gasteiger partial charge in [-0.25, -0.2) is 5.43 Å². The lowest BCUT2D eigenvalue weighted by Gasteiger charge is -2.13. The summed E-state index contributed by atoms with van der Waals surface area (Å²) in [4.78, 5) is 0. The number of rotatable bonds is 1. The molecule has 1 heterocycles. The molecule has 1 fully saturated rings. The molecule has 0 radical (unpaired) electrons. The Balaban J connectivity index is 2.24.